The van der Waals surface area contributed by atoms with Crippen LogP contribution in [0.5, 0.6) is 0 Å². The number of aryl methyl sites for hydroxylation is 1. The largest absolute Gasteiger partial charge is 0.341 e. The second-order valence-corrected chi connectivity index (χ2v) is 6.72. The minimum Gasteiger partial charge on any atom is -0.341 e. The van der Waals surface area contributed by atoms with Crippen molar-refractivity contribution in [3.05, 3.63) is 23.8 Å². The van der Waals surface area contributed by atoms with Gasteiger partial charge in [0, 0.05) is 39.4 Å². The molecule has 7 nitrogen and oxygen atoms in total. The van der Waals surface area contributed by atoms with Crippen molar-refractivity contribution < 1.29 is 9.59 Å². The molecular formula is C17H25N5O2. The zero-order valence-electron chi connectivity index (χ0n) is 14.4. The number of hydrogen-bond donors (Lipinski definition) is 1. The van der Waals surface area contributed by atoms with Gasteiger partial charge in [0.05, 0.1) is 11.9 Å². The number of nitrogens with one attached hydrogen (secondary N) is 1. The van der Waals surface area contributed by atoms with E-state index in [1.165, 1.54) is 0 Å². The minimum absolute atomic E-state index is 0.00891. The zero-order chi connectivity index (χ0) is 17.1. The van der Waals surface area contributed by atoms with E-state index in [9.17, 15) is 9.59 Å². The predicted octanol–water partition coefficient (Wildman–Crippen LogP) is 1.30. The average Bonchev–Trinajstić information content (AvgIpc) is 3.11. The summed E-state index contributed by atoms with van der Waals surface area (Å²) in [5.74, 6) is 1.10. The SMILES string of the molecule is CNC(=O)N1CCC(C2CCN(C(=O)c3cnc(C)cn3)C2)CC1. The van der Waals surface area contributed by atoms with Crippen LogP contribution in [-0.4, -0.2) is 64.9 Å². The Hall–Kier alpha value is -2.18. The molecule has 2 saturated heterocycles. The van der Waals surface area contributed by atoms with Crippen molar-refractivity contribution in [2.75, 3.05) is 33.2 Å². The van der Waals surface area contributed by atoms with E-state index in [-0.39, 0.29) is 11.9 Å². The van der Waals surface area contributed by atoms with Crippen molar-refractivity contribution in [1.82, 2.24) is 25.1 Å². The van der Waals surface area contributed by atoms with Crippen LogP contribution in [0.3, 0.4) is 0 Å². The smallest absolute Gasteiger partial charge is 0.317 e. The van der Waals surface area contributed by atoms with Gasteiger partial charge in [-0.25, -0.2) is 9.78 Å². The van der Waals surface area contributed by atoms with Crippen molar-refractivity contribution in [2.45, 2.75) is 26.2 Å². The first-order chi connectivity index (χ1) is 11.6. The molecule has 3 amide bonds. The van der Waals surface area contributed by atoms with E-state index in [0.29, 0.717) is 17.5 Å². The Balaban J connectivity index is 1.53. The Kier molecular flexibility index (Phi) is 4.97. The fourth-order valence-corrected chi connectivity index (χ4v) is 3.75. The highest BCUT2D eigenvalue weighted by atomic mass is 16.2. The van der Waals surface area contributed by atoms with E-state index >= 15 is 0 Å². The molecule has 0 saturated carbocycles. The van der Waals surface area contributed by atoms with Crippen LogP contribution in [0.2, 0.25) is 0 Å². The Morgan fingerprint density at radius 3 is 2.33 bits per heavy atom. The van der Waals surface area contributed by atoms with Crippen LogP contribution in [0.25, 0.3) is 0 Å². The molecule has 0 spiro atoms. The topological polar surface area (TPSA) is 78.4 Å². The number of piperidine rings is 1. The molecule has 0 bridgehead atoms. The molecule has 0 aromatic carbocycles. The summed E-state index contributed by atoms with van der Waals surface area (Å²) in [7, 11) is 1.67. The summed E-state index contributed by atoms with van der Waals surface area (Å²) >= 11 is 0. The van der Waals surface area contributed by atoms with Crippen LogP contribution < -0.4 is 5.32 Å². The molecule has 2 aliphatic heterocycles. The van der Waals surface area contributed by atoms with E-state index in [0.717, 1.165) is 51.1 Å². The van der Waals surface area contributed by atoms with E-state index in [4.69, 9.17) is 0 Å². The molecule has 7 heteroatoms. The quantitative estimate of drug-likeness (QED) is 0.886. The summed E-state index contributed by atoms with van der Waals surface area (Å²) in [6, 6.07) is 0.00891. The molecule has 2 aliphatic rings. The van der Waals surface area contributed by atoms with Gasteiger partial charge in [-0.15, -0.1) is 0 Å². The fourth-order valence-electron chi connectivity index (χ4n) is 3.75. The molecule has 1 N–H and O–H groups in total. The Morgan fingerprint density at radius 2 is 1.71 bits per heavy atom. The van der Waals surface area contributed by atoms with Crippen molar-refractivity contribution in [2.24, 2.45) is 11.8 Å². The average molecular weight is 331 g/mol. The molecule has 1 aromatic rings. The second-order valence-electron chi connectivity index (χ2n) is 6.72. The van der Waals surface area contributed by atoms with Gasteiger partial charge in [0.1, 0.15) is 5.69 Å². The van der Waals surface area contributed by atoms with Crippen molar-refractivity contribution in [3.63, 3.8) is 0 Å². The van der Waals surface area contributed by atoms with Gasteiger partial charge in [-0.3, -0.25) is 9.78 Å². The molecule has 3 rings (SSSR count). The third-order valence-electron chi connectivity index (χ3n) is 5.22. The lowest BCUT2D eigenvalue weighted by molar-refractivity contribution is 0.0770. The third-order valence-corrected chi connectivity index (χ3v) is 5.22. The summed E-state index contributed by atoms with van der Waals surface area (Å²) in [6.45, 7) is 5.04. The maximum absolute atomic E-state index is 12.5. The van der Waals surface area contributed by atoms with Gasteiger partial charge in [-0.05, 0) is 38.0 Å². The van der Waals surface area contributed by atoms with Gasteiger partial charge in [0.2, 0.25) is 0 Å². The maximum atomic E-state index is 12.5. The van der Waals surface area contributed by atoms with Crippen LogP contribution in [0, 0.1) is 18.8 Å². The van der Waals surface area contributed by atoms with Crippen LogP contribution in [-0.2, 0) is 0 Å². The number of likely N-dealkylation sites (tertiary alicyclic amines) is 2. The summed E-state index contributed by atoms with van der Waals surface area (Å²) in [4.78, 5) is 36.3. The molecule has 0 aliphatic carbocycles. The number of urea groups is 1. The molecule has 1 atom stereocenters. The van der Waals surface area contributed by atoms with Gasteiger partial charge >= 0.3 is 6.03 Å². The highest BCUT2D eigenvalue weighted by molar-refractivity contribution is 5.92. The van der Waals surface area contributed by atoms with Crippen LogP contribution in [0.15, 0.2) is 12.4 Å². The first kappa shape index (κ1) is 16.7. The summed E-state index contributed by atoms with van der Waals surface area (Å²) < 4.78 is 0. The number of amides is 3. The molecule has 1 unspecified atom stereocenters. The van der Waals surface area contributed by atoms with Gasteiger partial charge in [-0.1, -0.05) is 0 Å². The van der Waals surface area contributed by atoms with Crippen molar-refractivity contribution in [3.8, 4) is 0 Å². The Bertz CT molecular complexity index is 596. The number of aromatic nitrogens is 2. The van der Waals surface area contributed by atoms with Gasteiger partial charge in [0.25, 0.3) is 5.91 Å². The van der Waals surface area contributed by atoms with E-state index < -0.39 is 0 Å². The van der Waals surface area contributed by atoms with Gasteiger partial charge in [-0.2, -0.15) is 0 Å². The van der Waals surface area contributed by atoms with Crippen LogP contribution >= 0.6 is 0 Å². The van der Waals surface area contributed by atoms with E-state index in [1.807, 2.05) is 16.7 Å². The summed E-state index contributed by atoms with van der Waals surface area (Å²) in [5.41, 5.74) is 1.24. The molecule has 3 heterocycles. The Labute approximate surface area is 142 Å². The maximum Gasteiger partial charge on any atom is 0.317 e. The molecule has 0 radical (unpaired) electrons. The lowest BCUT2D eigenvalue weighted by atomic mass is 9.84. The highest BCUT2D eigenvalue weighted by Crippen LogP contribution is 2.32. The number of carbonyl (C=O) groups excluding carboxylic acids is 2. The molecular weight excluding hydrogens is 306 g/mol. The third kappa shape index (κ3) is 3.49. The molecule has 1 aromatic heterocycles. The minimum atomic E-state index is -0.0206. The zero-order valence-corrected chi connectivity index (χ0v) is 14.4. The predicted molar refractivity (Wildman–Crippen MR) is 89.5 cm³/mol. The van der Waals surface area contributed by atoms with Crippen LogP contribution in [0.4, 0.5) is 4.79 Å². The monoisotopic (exact) mass is 331 g/mol. The number of rotatable bonds is 2. The molecule has 130 valence electrons. The molecule has 24 heavy (non-hydrogen) atoms. The fraction of sp³-hybridized carbons (Fsp3) is 0.647. The lowest BCUT2D eigenvalue weighted by Gasteiger charge is -2.34. The lowest BCUT2D eigenvalue weighted by Crippen LogP contribution is -2.44. The molecule has 2 fully saturated rings. The number of hydrogen-bond acceptors (Lipinski definition) is 4. The first-order valence-corrected chi connectivity index (χ1v) is 8.63. The van der Waals surface area contributed by atoms with Gasteiger partial charge < -0.3 is 15.1 Å². The number of nitrogens with zero attached hydrogens (tertiary/aromatic N) is 4. The van der Waals surface area contributed by atoms with E-state index in [2.05, 4.69) is 15.3 Å². The summed E-state index contributed by atoms with van der Waals surface area (Å²) in [5, 5.41) is 2.68. The summed E-state index contributed by atoms with van der Waals surface area (Å²) in [6.07, 6.45) is 6.27. The second kappa shape index (κ2) is 7.15. The van der Waals surface area contributed by atoms with Crippen molar-refractivity contribution >= 4 is 11.9 Å². The Morgan fingerprint density at radius 1 is 1.04 bits per heavy atom. The van der Waals surface area contributed by atoms with E-state index in [1.54, 1.807) is 19.4 Å². The first-order valence-electron chi connectivity index (χ1n) is 8.63. The standard InChI is InChI=1S/C17H25N5O2/c1-12-9-20-15(10-19-12)16(23)22-8-5-14(11-22)13-3-6-21(7-4-13)17(24)18-2/h9-10,13-14H,3-8,11H2,1-2H3,(H,18,24). The highest BCUT2D eigenvalue weighted by Gasteiger charge is 2.34. The number of carbonyl (C=O) groups is 2. The normalized spacial score (nSPS) is 21.8. The van der Waals surface area contributed by atoms with Gasteiger partial charge in [0.15, 0.2) is 0 Å². The van der Waals surface area contributed by atoms with Crippen molar-refractivity contribution in [1.29, 1.82) is 0 Å². The van der Waals surface area contributed by atoms with Crippen LogP contribution in [0.1, 0.15) is 35.4 Å².